The van der Waals surface area contributed by atoms with E-state index in [4.69, 9.17) is 11.6 Å². The summed E-state index contributed by atoms with van der Waals surface area (Å²) in [7, 11) is 0. The smallest absolute Gasteiger partial charge is 0.416 e. The van der Waals surface area contributed by atoms with Crippen LogP contribution >= 0.6 is 23.4 Å². The van der Waals surface area contributed by atoms with E-state index in [1.165, 1.54) is 17.8 Å². The van der Waals surface area contributed by atoms with Gasteiger partial charge in [0.1, 0.15) is 5.75 Å². The number of rotatable bonds is 0. The molecule has 7 heteroatoms. The molecular formula is C17H9ClF3NOS. The van der Waals surface area contributed by atoms with Gasteiger partial charge in [-0.2, -0.15) is 13.2 Å². The molecule has 0 atom stereocenters. The molecule has 0 saturated carbocycles. The Hall–Kier alpha value is -2.05. The molecule has 0 bridgehead atoms. The third kappa shape index (κ3) is 2.29. The van der Waals surface area contributed by atoms with Crippen molar-refractivity contribution >= 4 is 45.5 Å². The van der Waals surface area contributed by atoms with E-state index in [0.29, 0.717) is 31.9 Å². The van der Waals surface area contributed by atoms with Crippen LogP contribution in [0.4, 0.5) is 24.5 Å². The van der Waals surface area contributed by atoms with Crippen LogP contribution in [-0.2, 0) is 6.18 Å². The van der Waals surface area contributed by atoms with Crippen LogP contribution in [0.1, 0.15) is 5.56 Å². The van der Waals surface area contributed by atoms with Gasteiger partial charge in [0.2, 0.25) is 0 Å². The quantitative estimate of drug-likeness (QED) is 0.351. The Kier molecular flexibility index (Phi) is 3.37. The molecule has 1 heterocycles. The maximum Gasteiger partial charge on any atom is 0.416 e. The second kappa shape index (κ2) is 5.22. The van der Waals surface area contributed by atoms with Crippen molar-refractivity contribution in [2.45, 2.75) is 16.0 Å². The summed E-state index contributed by atoms with van der Waals surface area (Å²) in [5.74, 6) is -0.0318. The minimum Gasteiger partial charge on any atom is -0.506 e. The molecule has 1 aliphatic rings. The van der Waals surface area contributed by atoms with Crippen LogP contribution in [0.15, 0.2) is 52.3 Å². The lowest BCUT2D eigenvalue weighted by atomic mass is 10.1. The SMILES string of the molecule is Oc1c(Cl)c2c(c3ccccc13)Nc1cc(C(F)(F)F)ccc1S2. The van der Waals surface area contributed by atoms with E-state index in [1.54, 1.807) is 24.3 Å². The minimum absolute atomic E-state index is 0.0318. The molecule has 3 aromatic rings. The Morgan fingerprint density at radius 3 is 2.46 bits per heavy atom. The predicted octanol–water partition coefficient (Wildman–Crippen LogP) is 6.43. The normalized spacial score (nSPS) is 13.3. The van der Waals surface area contributed by atoms with Crippen molar-refractivity contribution in [3.63, 3.8) is 0 Å². The van der Waals surface area contributed by atoms with E-state index < -0.39 is 11.7 Å². The van der Waals surface area contributed by atoms with Crippen molar-refractivity contribution in [1.82, 2.24) is 0 Å². The molecule has 0 aliphatic carbocycles. The zero-order valence-electron chi connectivity index (χ0n) is 11.9. The lowest BCUT2D eigenvalue weighted by molar-refractivity contribution is -0.137. The van der Waals surface area contributed by atoms with Gasteiger partial charge >= 0.3 is 6.18 Å². The lowest BCUT2D eigenvalue weighted by Gasteiger charge is -2.25. The van der Waals surface area contributed by atoms with E-state index in [2.05, 4.69) is 5.32 Å². The van der Waals surface area contributed by atoms with Crippen molar-refractivity contribution in [2.24, 2.45) is 0 Å². The number of hydrogen-bond acceptors (Lipinski definition) is 3. The highest BCUT2D eigenvalue weighted by atomic mass is 35.5. The van der Waals surface area contributed by atoms with Gasteiger partial charge in [-0.15, -0.1) is 0 Å². The summed E-state index contributed by atoms with van der Waals surface area (Å²) in [6.45, 7) is 0. The summed E-state index contributed by atoms with van der Waals surface area (Å²) in [5.41, 5.74) is 0.256. The molecule has 24 heavy (non-hydrogen) atoms. The van der Waals surface area contributed by atoms with Crippen LogP contribution in [-0.4, -0.2) is 5.11 Å². The molecule has 3 aromatic carbocycles. The van der Waals surface area contributed by atoms with Crippen LogP contribution in [0, 0.1) is 0 Å². The molecule has 0 aromatic heterocycles. The Bertz CT molecular complexity index is 988. The Morgan fingerprint density at radius 2 is 1.75 bits per heavy atom. The van der Waals surface area contributed by atoms with Crippen LogP contribution < -0.4 is 5.32 Å². The van der Waals surface area contributed by atoms with Crippen molar-refractivity contribution in [1.29, 1.82) is 0 Å². The van der Waals surface area contributed by atoms with E-state index in [1.807, 2.05) is 0 Å². The monoisotopic (exact) mass is 367 g/mol. The molecule has 2 nitrogen and oxygen atoms in total. The highest BCUT2D eigenvalue weighted by Crippen LogP contribution is 2.54. The number of phenols is 1. The molecule has 0 spiro atoms. The summed E-state index contributed by atoms with van der Waals surface area (Å²) in [4.78, 5) is 1.22. The molecule has 0 radical (unpaired) electrons. The average Bonchev–Trinajstić information content (AvgIpc) is 2.57. The highest BCUT2D eigenvalue weighted by molar-refractivity contribution is 8.00. The van der Waals surface area contributed by atoms with E-state index in [-0.39, 0.29) is 10.8 Å². The number of halogens is 4. The maximum atomic E-state index is 12.9. The van der Waals surface area contributed by atoms with Crippen molar-refractivity contribution in [3.05, 3.63) is 53.1 Å². The van der Waals surface area contributed by atoms with Crippen LogP contribution in [0.2, 0.25) is 5.02 Å². The summed E-state index contributed by atoms with van der Waals surface area (Å²) < 4.78 is 38.8. The Labute approximate surface area is 144 Å². The van der Waals surface area contributed by atoms with E-state index >= 15 is 0 Å². The fraction of sp³-hybridized carbons (Fsp3) is 0.0588. The zero-order chi connectivity index (χ0) is 17.1. The maximum absolute atomic E-state index is 12.9. The summed E-state index contributed by atoms with van der Waals surface area (Å²) in [6, 6.07) is 10.6. The summed E-state index contributed by atoms with van der Waals surface area (Å²) in [5, 5.41) is 14.8. The van der Waals surface area contributed by atoms with Crippen molar-refractivity contribution < 1.29 is 18.3 Å². The van der Waals surface area contributed by atoms with Crippen molar-refractivity contribution in [3.8, 4) is 5.75 Å². The topological polar surface area (TPSA) is 32.3 Å². The number of hydrogen-bond donors (Lipinski definition) is 2. The summed E-state index contributed by atoms with van der Waals surface area (Å²) in [6.07, 6.45) is -4.41. The summed E-state index contributed by atoms with van der Waals surface area (Å²) >= 11 is 7.51. The van der Waals surface area contributed by atoms with Gasteiger partial charge in [0.15, 0.2) is 0 Å². The third-order valence-electron chi connectivity index (χ3n) is 3.86. The van der Waals surface area contributed by atoms with Crippen molar-refractivity contribution in [2.75, 3.05) is 5.32 Å². The second-order valence-corrected chi connectivity index (χ2v) is 6.78. The van der Waals surface area contributed by atoms with Crippen LogP contribution in [0.3, 0.4) is 0 Å². The number of phenolic OH excluding ortho intramolecular Hbond substituents is 1. The standard InChI is InChI=1S/C17H9ClF3NOS/c18-13-15(23)10-4-2-1-3-9(10)14-16(13)24-12-6-5-8(17(19,20)21)7-11(12)22-14/h1-7,22-23H. The molecule has 122 valence electrons. The van der Waals surface area contributed by atoms with Gasteiger partial charge in [-0.1, -0.05) is 47.6 Å². The first-order valence-electron chi connectivity index (χ1n) is 6.95. The van der Waals surface area contributed by atoms with Crippen LogP contribution in [0.5, 0.6) is 5.75 Å². The first-order chi connectivity index (χ1) is 11.4. The first kappa shape index (κ1) is 15.5. The molecule has 4 rings (SSSR count). The third-order valence-corrected chi connectivity index (χ3v) is 5.53. The van der Waals surface area contributed by atoms with Gasteiger partial charge in [-0.3, -0.25) is 0 Å². The fourth-order valence-electron chi connectivity index (χ4n) is 2.72. The molecule has 0 amide bonds. The van der Waals surface area contributed by atoms with E-state index in [9.17, 15) is 18.3 Å². The molecule has 0 fully saturated rings. The zero-order valence-corrected chi connectivity index (χ0v) is 13.5. The Balaban J connectivity index is 1.93. The number of nitrogens with one attached hydrogen (secondary N) is 1. The molecular weight excluding hydrogens is 359 g/mol. The number of alkyl halides is 3. The number of benzene rings is 3. The van der Waals surface area contributed by atoms with E-state index in [0.717, 1.165) is 12.1 Å². The predicted molar refractivity (Wildman–Crippen MR) is 89.5 cm³/mol. The first-order valence-corrected chi connectivity index (χ1v) is 8.15. The molecule has 1 aliphatic heterocycles. The number of aromatic hydroxyl groups is 1. The van der Waals surface area contributed by atoms with Gasteiger partial charge in [-0.05, 0) is 18.2 Å². The molecule has 2 N–H and O–H groups in total. The minimum atomic E-state index is -4.41. The second-order valence-electron chi connectivity index (χ2n) is 5.35. The van der Waals surface area contributed by atoms with Gasteiger partial charge in [0, 0.05) is 15.7 Å². The van der Waals surface area contributed by atoms with Gasteiger partial charge in [0.05, 0.1) is 26.9 Å². The number of anilines is 2. The Morgan fingerprint density at radius 1 is 1.04 bits per heavy atom. The lowest BCUT2D eigenvalue weighted by Crippen LogP contribution is -2.08. The average molecular weight is 368 g/mol. The molecule has 0 saturated heterocycles. The largest absolute Gasteiger partial charge is 0.506 e. The molecule has 0 unspecified atom stereocenters. The van der Waals surface area contributed by atoms with Gasteiger partial charge in [-0.25, -0.2) is 0 Å². The van der Waals surface area contributed by atoms with Crippen LogP contribution in [0.25, 0.3) is 10.8 Å². The highest BCUT2D eigenvalue weighted by Gasteiger charge is 2.32. The number of fused-ring (bicyclic) bond motifs is 4. The van der Waals surface area contributed by atoms with Gasteiger partial charge in [0.25, 0.3) is 0 Å². The fourth-order valence-corrected chi connectivity index (χ4v) is 4.06. The van der Waals surface area contributed by atoms with Gasteiger partial charge < -0.3 is 10.4 Å².